The molecule has 6 nitrogen and oxygen atoms in total. The monoisotopic (exact) mass is 397 g/mol. The fraction of sp³-hybridized carbons (Fsp3) is 0.286. The SMILES string of the molecule is COc1cccc(CC(=O)N(Cc2nnc(-c3ccc(Cl)cc3)o2)C2CC2)c1. The lowest BCUT2D eigenvalue weighted by atomic mass is 10.1. The van der Waals surface area contributed by atoms with E-state index >= 15 is 0 Å². The molecule has 0 unspecified atom stereocenters. The Morgan fingerprint density at radius 2 is 2.00 bits per heavy atom. The van der Waals surface area contributed by atoms with Crippen LogP contribution in [-0.4, -0.2) is 34.2 Å². The number of benzene rings is 2. The first-order valence-corrected chi connectivity index (χ1v) is 9.51. The lowest BCUT2D eigenvalue weighted by molar-refractivity contribution is -0.132. The highest BCUT2D eigenvalue weighted by molar-refractivity contribution is 6.30. The second-order valence-corrected chi connectivity index (χ2v) is 7.23. The summed E-state index contributed by atoms with van der Waals surface area (Å²) < 4.78 is 11.0. The van der Waals surface area contributed by atoms with Crippen LogP contribution < -0.4 is 4.74 Å². The Morgan fingerprint density at radius 1 is 1.21 bits per heavy atom. The Bertz CT molecular complexity index is 967. The van der Waals surface area contributed by atoms with Crippen LogP contribution in [0.1, 0.15) is 24.3 Å². The molecule has 0 radical (unpaired) electrons. The van der Waals surface area contributed by atoms with Gasteiger partial charge in [-0.1, -0.05) is 23.7 Å². The number of aromatic nitrogens is 2. The summed E-state index contributed by atoms with van der Waals surface area (Å²) in [7, 11) is 1.62. The van der Waals surface area contributed by atoms with Gasteiger partial charge >= 0.3 is 0 Å². The summed E-state index contributed by atoms with van der Waals surface area (Å²) in [5.74, 6) is 1.63. The van der Waals surface area contributed by atoms with Crippen LogP contribution in [0.25, 0.3) is 11.5 Å². The molecule has 1 fully saturated rings. The summed E-state index contributed by atoms with van der Waals surface area (Å²) in [6, 6.07) is 15.0. The molecule has 1 heterocycles. The summed E-state index contributed by atoms with van der Waals surface area (Å²) >= 11 is 5.92. The van der Waals surface area contributed by atoms with Crippen molar-refractivity contribution < 1.29 is 13.9 Å². The fourth-order valence-corrected chi connectivity index (χ4v) is 3.16. The Labute approximate surface area is 168 Å². The molecule has 1 aromatic heterocycles. The molecule has 28 heavy (non-hydrogen) atoms. The average molecular weight is 398 g/mol. The number of carbonyl (C=O) groups is 1. The van der Waals surface area contributed by atoms with Gasteiger partial charge in [0.05, 0.1) is 20.1 Å². The third kappa shape index (κ3) is 4.34. The zero-order chi connectivity index (χ0) is 19.5. The summed E-state index contributed by atoms with van der Waals surface area (Å²) in [5, 5.41) is 8.86. The molecule has 3 aromatic rings. The van der Waals surface area contributed by atoms with E-state index in [1.54, 1.807) is 19.2 Å². The predicted octanol–water partition coefficient (Wildman–Crippen LogP) is 4.13. The maximum absolute atomic E-state index is 12.9. The molecule has 0 spiro atoms. The molecule has 2 aromatic carbocycles. The number of halogens is 1. The Kier molecular flexibility index (Phi) is 5.30. The molecule has 0 bridgehead atoms. The van der Waals surface area contributed by atoms with E-state index in [1.165, 1.54) is 0 Å². The minimum atomic E-state index is 0.0435. The molecule has 1 amide bonds. The smallest absolute Gasteiger partial charge is 0.247 e. The van der Waals surface area contributed by atoms with Gasteiger partial charge in [0.15, 0.2) is 0 Å². The van der Waals surface area contributed by atoms with Gasteiger partial charge in [-0.15, -0.1) is 10.2 Å². The van der Waals surface area contributed by atoms with Gasteiger partial charge in [0.2, 0.25) is 17.7 Å². The van der Waals surface area contributed by atoms with Crippen molar-refractivity contribution in [3.63, 3.8) is 0 Å². The third-order valence-corrected chi connectivity index (χ3v) is 4.91. The van der Waals surface area contributed by atoms with Crippen molar-refractivity contribution in [2.45, 2.75) is 31.8 Å². The maximum Gasteiger partial charge on any atom is 0.247 e. The first kappa shape index (κ1) is 18.5. The molecule has 0 N–H and O–H groups in total. The second-order valence-electron chi connectivity index (χ2n) is 6.79. The van der Waals surface area contributed by atoms with Crippen LogP contribution in [0.5, 0.6) is 5.75 Å². The van der Waals surface area contributed by atoms with Gasteiger partial charge in [-0.25, -0.2) is 0 Å². The van der Waals surface area contributed by atoms with Crippen molar-refractivity contribution in [2.24, 2.45) is 0 Å². The zero-order valence-electron chi connectivity index (χ0n) is 15.5. The molecule has 7 heteroatoms. The van der Waals surface area contributed by atoms with Gasteiger partial charge in [-0.05, 0) is 54.8 Å². The zero-order valence-corrected chi connectivity index (χ0v) is 16.2. The average Bonchev–Trinajstić information content (AvgIpc) is 3.44. The number of hydrogen-bond donors (Lipinski definition) is 0. The molecular weight excluding hydrogens is 378 g/mol. The number of hydrogen-bond acceptors (Lipinski definition) is 5. The topological polar surface area (TPSA) is 68.5 Å². The standard InChI is InChI=1S/C21H20ClN3O3/c1-27-18-4-2-3-14(11-18)12-20(26)25(17-9-10-17)13-19-23-24-21(28-19)15-5-7-16(22)8-6-15/h2-8,11,17H,9-10,12-13H2,1H3. The van der Waals surface area contributed by atoms with Crippen LogP contribution in [0.3, 0.4) is 0 Å². The first-order chi connectivity index (χ1) is 13.6. The summed E-state index contributed by atoms with van der Waals surface area (Å²) in [6.45, 7) is 0.314. The van der Waals surface area contributed by atoms with Crippen molar-refractivity contribution in [3.05, 3.63) is 65.0 Å². The molecule has 0 saturated heterocycles. The molecule has 144 valence electrons. The Balaban J connectivity index is 1.46. The van der Waals surface area contributed by atoms with E-state index in [4.69, 9.17) is 20.8 Å². The quantitative estimate of drug-likeness (QED) is 0.599. The highest BCUT2D eigenvalue weighted by Crippen LogP contribution is 2.30. The van der Waals surface area contributed by atoms with Gasteiger partial charge in [-0.3, -0.25) is 4.79 Å². The highest BCUT2D eigenvalue weighted by atomic mass is 35.5. The van der Waals surface area contributed by atoms with Crippen LogP contribution in [-0.2, 0) is 17.8 Å². The number of carbonyl (C=O) groups excluding carboxylic acids is 1. The lowest BCUT2D eigenvalue weighted by Crippen LogP contribution is -2.34. The van der Waals surface area contributed by atoms with E-state index in [2.05, 4.69) is 10.2 Å². The van der Waals surface area contributed by atoms with Crippen LogP contribution in [0.4, 0.5) is 0 Å². The van der Waals surface area contributed by atoms with E-state index in [1.807, 2.05) is 41.3 Å². The highest BCUT2D eigenvalue weighted by Gasteiger charge is 2.33. The largest absolute Gasteiger partial charge is 0.497 e. The van der Waals surface area contributed by atoms with Crippen molar-refractivity contribution >= 4 is 17.5 Å². The van der Waals surface area contributed by atoms with Gasteiger partial charge in [-0.2, -0.15) is 0 Å². The Morgan fingerprint density at radius 3 is 2.71 bits per heavy atom. The normalized spacial score (nSPS) is 13.4. The summed E-state index contributed by atoms with van der Waals surface area (Å²) in [6.07, 6.45) is 2.32. The molecule has 0 aliphatic heterocycles. The van der Waals surface area contributed by atoms with Gasteiger partial charge in [0.1, 0.15) is 5.75 Å². The molecule has 1 aliphatic carbocycles. The van der Waals surface area contributed by atoms with Crippen LogP contribution in [0.2, 0.25) is 5.02 Å². The predicted molar refractivity (Wildman–Crippen MR) is 105 cm³/mol. The molecule has 1 aliphatic rings. The van der Waals surface area contributed by atoms with Crippen molar-refractivity contribution in [3.8, 4) is 17.2 Å². The first-order valence-electron chi connectivity index (χ1n) is 9.13. The minimum Gasteiger partial charge on any atom is -0.497 e. The van der Waals surface area contributed by atoms with Crippen LogP contribution in [0.15, 0.2) is 52.9 Å². The number of nitrogens with zero attached hydrogens (tertiary/aromatic N) is 3. The Hall–Kier alpha value is -2.86. The number of methoxy groups -OCH3 is 1. The third-order valence-electron chi connectivity index (χ3n) is 4.66. The number of ether oxygens (including phenoxy) is 1. The maximum atomic E-state index is 12.9. The van der Waals surface area contributed by atoms with E-state index in [-0.39, 0.29) is 11.9 Å². The molecular formula is C21H20ClN3O3. The van der Waals surface area contributed by atoms with Crippen LogP contribution >= 0.6 is 11.6 Å². The van der Waals surface area contributed by atoms with Crippen molar-refractivity contribution in [1.29, 1.82) is 0 Å². The van der Waals surface area contributed by atoms with Crippen molar-refractivity contribution in [1.82, 2.24) is 15.1 Å². The van der Waals surface area contributed by atoms with Gasteiger partial charge < -0.3 is 14.1 Å². The van der Waals surface area contributed by atoms with Crippen LogP contribution in [0, 0.1) is 0 Å². The molecule has 4 rings (SSSR count). The fourth-order valence-electron chi connectivity index (χ4n) is 3.04. The second kappa shape index (κ2) is 8.02. The van der Waals surface area contributed by atoms with Gasteiger partial charge in [0, 0.05) is 16.6 Å². The van der Waals surface area contributed by atoms with E-state index < -0.39 is 0 Å². The molecule has 1 saturated carbocycles. The minimum absolute atomic E-state index is 0.0435. The van der Waals surface area contributed by atoms with E-state index in [9.17, 15) is 4.79 Å². The van der Waals surface area contributed by atoms with E-state index in [0.29, 0.717) is 29.8 Å². The summed E-state index contributed by atoms with van der Waals surface area (Å²) in [4.78, 5) is 14.7. The van der Waals surface area contributed by atoms with Crippen molar-refractivity contribution in [2.75, 3.05) is 7.11 Å². The van der Waals surface area contributed by atoms with E-state index in [0.717, 1.165) is 29.7 Å². The summed E-state index contributed by atoms with van der Waals surface area (Å²) in [5.41, 5.74) is 1.71. The number of rotatable bonds is 7. The molecule has 0 atom stereocenters. The van der Waals surface area contributed by atoms with Gasteiger partial charge in [0.25, 0.3) is 0 Å². The number of amides is 1. The lowest BCUT2D eigenvalue weighted by Gasteiger charge is -2.20.